The highest BCUT2D eigenvalue weighted by Gasteiger charge is 2.38. The standard InChI is InChI=1S/C18H34N2O.ClH/c1-2-15-8-10-16(11-9-15)20(17-12-13-17)18(21)7-5-3-4-6-14-19;/h15-17H,2-14,19H2,1H3;1H. The lowest BCUT2D eigenvalue weighted by atomic mass is 9.83. The normalized spacial score (nSPS) is 24.6. The van der Waals surface area contributed by atoms with Crippen molar-refractivity contribution in [1.29, 1.82) is 0 Å². The van der Waals surface area contributed by atoms with Gasteiger partial charge >= 0.3 is 0 Å². The van der Waals surface area contributed by atoms with Crippen LogP contribution in [0.1, 0.15) is 84.0 Å². The van der Waals surface area contributed by atoms with Crippen LogP contribution in [0.5, 0.6) is 0 Å². The molecule has 22 heavy (non-hydrogen) atoms. The van der Waals surface area contributed by atoms with Crippen LogP contribution in [0.2, 0.25) is 0 Å². The van der Waals surface area contributed by atoms with Crippen LogP contribution in [0, 0.1) is 5.92 Å². The second-order valence-corrected chi connectivity index (χ2v) is 7.07. The number of carbonyl (C=O) groups excluding carboxylic acids is 1. The molecule has 0 aromatic rings. The van der Waals surface area contributed by atoms with Crippen LogP contribution in [-0.2, 0) is 4.79 Å². The maximum atomic E-state index is 12.6. The summed E-state index contributed by atoms with van der Waals surface area (Å²) in [5.74, 6) is 1.35. The van der Waals surface area contributed by atoms with Gasteiger partial charge in [-0.25, -0.2) is 0 Å². The summed E-state index contributed by atoms with van der Waals surface area (Å²) in [4.78, 5) is 14.9. The molecule has 0 spiro atoms. The molecule has 130 valence electrons. The molecular weight excluding hydrogens is 296 g/mol. The van der Waals surface area contributed by atoms with Crippen molar-refractivity contribution in [1.82, 2.24) is 4.90 Å². The fourth-order valence-electron chi connectivity index (χ4n) is 3.79. The fraction of sp³-hybridized carbons (Fsp3) is 0.944. The number of hydrogen-bond donors (Lipinski definition) is 1. The molecule has 2 N–H and O–H groups in total. The van der Waals surface area contributed by atoms with E-state index in [4.69, 9.17) is 5.73 Å². The smallest absolute Gasteiger partial charge is 0.223 e. The molecule has 2 rings (SSSR count). The third-order valence-electron chi connectivity index (χ3n) is 5.36. The number of nitrogens with zero attached hydrogens (tertiary/aromatic N) is 1. The van der Waals surface area contributed by atoms with E-state index >= 15 is 0 Å². The van der Waals surface area contributed by atoms with Gasteiger partial charge in [-0.1, -0.05) is 26.2 Å². The van der Waals surface area contributed by atoms with Crippen LogP contribution in [0.3, 0.4) is 0 Å². The Morgan fingerprint density at radius 2 is 1.50 bits per heavy atom. The zero-order valence-corrected chi connectivity index (χ0v) is 15.1. The number of carbonyl (C=O) groups is 1. The average molecular weight is 331 g/mol. The number of halogens is 1. The monoisotopic (exact) mass is 330 g/mol. The molecule has 0 aromatic carbocycles. The summed E-state index contributed by atoms with van der Waals surface area (Å²) in [6.07, 6.45) is 14.2. The van der Waals surface area contributed by atoms with Crippen molar-refractivity contribution in [3.05, 3.63) is 0 Å². The van der Waals surface area contributed by atoms with Crippen LogP contribution in [-0.4, -0.2) is 29.4 Å². The molecule has 2 saturated carbocycles. The molecule has 2 aliphatic carbocycles. The first-order valence-electron chi connectivity index (χ1n) is 9.27. The van der Waals surface area contributed by atoms with Gasteiger partial charge in [0.2, 0.25) is 5.91 Å². The zero-order valence-electron chi connectivity index (χ0n) is 14.3. The number of hydrogen-bond acceptors (Lipinski definition) is 2. The second-order valence-electron chi connectivity index (χ2n) is 7.07. The Labute approximate surface area is 142 Å². The lowest BCUT2D eigenvalue weighted by molar-refractivity contribution is -0.135. The summed E-state index contributed by atoms with van der Waals surface area (Å²) in [7, 11) is 0. The SMILES string of the molecule is CCC1CCC(N(C(=O)CCCCCCN)C2CC2)CC1.Cl. The lowest BCUT2D eigenvalue weighted by Crippen LogP contribution is -2.43. The summed E-state index contributed by atoms with van der Waals surface area (Å²) in [5, 5.41) is 0. The van der Waals surface area contributed by atoms with E-state index in [0.29, 0.717) is 18.0 Å². The summed E-state index contributed by atoms with van der Waals surface area (Å²) in [6, 6.07) is 1.14. The van der Waals surface area contributed by atoms with Crippen molar-refractivity contribution in [2.24, 2.45) is 11.7 Å². The Morgan fingerprint density at radius 1 is 0.955 bits per heavy atom. The number of rotatable bonds is 9. The number of nitrogens with two attached hydrogens (primary N) is 1. The summed E-state index contributed by atoms with van der Waals surface area (Å²) in [6.45, 7) is 3.08. The van der Waals surface area contributed by atoms with Gasteiger partial charge in [-0.05, 0) is 63.8 Å². The van der Waals surface area contributed by atoms with E-state index in [2.05, 4.69) is 11.8 Å². The van der Waals surface area contributed by atoms with Gasteiger partial charge in [-0.3, -0.25) is 4.79 Å². The first kappa shape index (κ1) is 19.8. The quantitative estimate of drug-likeness (QED) is 0.641. The highest BCUT2D eigenvalue weighted by Crippen LogP contribution is 2.36. The van der Waals surface area contributed by atoms with Crippen molar-refractivity contribution < 1.29 is 4.79 Å². The summed E-state index contributed by atoms with van der Waals surface area (Å²) in [5.41, 5.74) is 5.51. The predicted octanol–water partition coefficient (Wildman–Crippen LogP) is 4.28. The minimum atomic E-state index is 0. The predicted molar refractivity (Wildman–Crippen MR) is 95.3 cm³/mol. The largest absolute Gasteiger partial charge is 0.337 e. The van der Waals surface area contributed by atoms with Gasteiger partial charge in [0.05, 0.1) is 0 Å². The van der Waals surface area contributed by atoms with E-state index < -0.39 is 0 Å². The molecule has 0 heterocycles. The topological polar surface area (TPSA) is 46.3 Å². The van der Waals surface area contributed by atoms with Gasteiger partial charge in [0.15, 0.2) is 0 Å². The molecule has 0 radical (unpaired) electrons. The van der Waals surface area contributed by atoms with Crippen LogP contribution < -0.4 is 5.73 Å². The molecular formula is C18H35ClN2O. The van der Waals surface area contributed by atoms with Gasteiger partial charge < -0.3 is 10.6 Å². The van der Waals surface area contributed by atoms with E-state index in [9.17, 15) is 4.79 Å². The molecule has 0 atom stereocenters. The molecule has 3 nitrogen and oxygen atoms in total. The van der Waals surface area contributed by atoms with Gasteiger partial charge in [0.25, 0.3) is 0 Å². The third-order valence-corrected chi connectivity index (χ3v) is 5.36. The Bertz CT molecular complexity index is 312. The molecule has 4 heteroatoms. The Morgan fingerprint density at radius 3 is 2.00 bits per heavy atom. The van der Waals surface area contributed by atoms with E-state index in [1.54, 1.807) is 0 Å². The first-order valence-corrected chi connectivity index (χ1v) is 9.27. The molecule has 2 aliphatic rings. The molecule has 0 unspecified atom stereocenters. The molecule has 1 amide bonds. The van der Waals surface area contributed by atoms with Crippen molar-refractivity contribution in [3.8, 4) is 0 Å². The van der Waals surface area contributed by atoms with Crippen molar-refractivity contribution >= 4 is 18.3 Å². The molecule has 0 saturated heterocycles. The highest BCUT2D eigenvalue weighted by atomic mass is 35.5. The molecule has 0 aliphatic heterocycles. The van der Waals surface area contributed by atoms with E-state index in [1.807, 2.05) is 0 Å². The van der Waals surface area contributed by atoms with Crippen LogP contribution in [0.15, 0.2) is 0 Å². The lowest BCUT2D eigenvalue weighted by Gasteiger charge is -2.37. The van der Waals surface area contributed by atoms with Gasteiger partial charge in [-0.15, -0.1) is 12.4 Å². The van der Waals surface area contributed by atoms with E-state index in [-0.39, 0.29) is 12.4 Å². The summed E-state index contributed by atoms with van der Waals surface area (Å²) < 4.78 is 0. The van der Waals surface area contributed by atoms with E-state index in [1.165, 1.54) is 51.4 Å². The van der Waals surface area contributed by atoms with Crippen LogP contribution >= 0.6 is 12.4 Å². The van der Waals surface area contributed by atoms with Gasteiger partial charge in [0, 0.05) is 18.5 Å². The average Bonchev–Trinajstić information content (AvgIpc) is 3.33. The van der Waals surface area contributed by atoms with Gasteiger partial charge in [0.1, 0.15) is 0 Å². The maximum absolute atomic E-state index is 12.6. The van der Waals surface area contributed by atoms with Crippen LogP contribution in [0.25, 0.3) is 0 Å². The zero-order chi connectivity index (χ0) is 15.1. The minimum Gasteiger partial charge on any atom is -0.337 e. The first-order chi connectivity index (χ1) is 10.3. The Hall–Kier alpha value is -0.280. The van der Waals surface area contributed by atoms with Gasteiger partial charge in [-0.2, -0.15) is 0 Å². The van der Waals surface area contributed by atoms with E-state index in [0.717, 1.165) is 38.1 Å². The maximum Gasteiger partial charge on any atom is 0.223 e. The Balaban J connectivity index is 0.00000242. The van der Waals surface area contributed by atoms with Crippen molar-refractivity contribution in [2.75, 3.05) is 6.54 Å². The third kappa shape index (κ3) is 6.08. The number of unbranched alkanes of at least 4 members (excludes halogenated alkanes) is 3. The number of amides is 1. The molecule has 0 bridgehead atoms. The molecule has 0 aromatic heterocycles. The van der Waals surface area contributed by atoms with Crippen molar-refractivity contribution in [3.63, 3.8) is 0 Å². The fourth-order valence-corrected chi connectivity index (χ4v) is 3.79. The molecule has 2 fully saturated rings. The minimum absolute atomic E-state index is 0. The summed E-state index contributed by atoms with van der Waals surface area (Å²) >= 11 is 0. The Kier molecular flexibility index (Phi) is 9.42. The van der Waals surface area contributed by atoms with Crippen molar-refractivity contribution in [2.45, 2.75) is 96.1 Å². The highest BCUT2D eigenvalue weighted by molar-refractivity contribution is 5.85. The van der Waals surface area contributed by atoms with Crippen LogP contribution in [0.4, 0.5) is 0 Å². The second kappa shape index (κ2) is 10.5.